The summed E-state index contributed by atoms with van der Waals surface area (Å²) in [5.41, 5.74) is 9.03. The lowest BCUT2D eigenvalue weighted by molar-refractivity contribution is -0.118. The maximum absolute atomic E-state index is 12.4. The summed E-state index contributed by atoms with van der Waals surface area (Å²) in [5, 5.41) is 5.71. The van der Waals surface area contributed by atoms with E-state index in [4.69, 9.17) is 10.5 Å². The number of nitrogens with one attached hydrogen (secondary N) is 2. The fourth-order valence-electron chi connectivity index (χ4n) is 2.88. The molecule has 0 radical (unpaired) electrons. The van der Waals surface area contributed by atoms with Gasteiger partial charge in [-0.05, 0) is 48.9 Å². The van der Waals surface area contributed by atoms with Crippen LogP contribution in [0, 0.1) is 6.92 Å². The highest BCUT2D eigenvalue weighted by Gasteiger charge is 2.14. The second kappa shape index (κ2) is 11.6. The second-order valence-electron chi connectivity index (χ2n) is 6.54. The zero-order valence-electron chi connectivity index (χ0n) is 16.1. The molecule has 0 bridgehead atoms. The van der Waals surface area contributed by atoms with E-state index in [0.29, 0.717) is 42.4 Å². The Balaban J connectivity index is 0.00000210. The van der Waals surface area contributed by atoms with Crippen LogP contribution in [0.15, 0.2) is 42.5 Å². The van der Waals surface area contributed by atoms with Crippen LogP contribution in [-0.2, 0) is 9.53 Å². The van der Waals surface area contributed by atoms with Crippen molar-refractivity contribution in [2.75, 3.05) is 49.2 Å². The molecule has 3 rings (SSSR count). The van der Waals surface area contributed by atoms with E-state index in [1.807, 2.05) is 13.0 Å². The first-order valence-corrected chi connectivity index (χ1v) is 8.89. The van der Waals surface area contributed by atoms with Crippen LogP contribution in [0.3, 0.4) is 0 Å². The van der Waals surface area contributed by atoms with E-state index >= 15 is 0 Å². The fourth-order valence-corrected chi connectivity index (χ4v) is 2.88. The monoisotopic (exact) mass is 440 g/mol. The third kappa shape index (κ3) is 7.21. The van der Waals surface area contributed by atoms with Gasteiger partial charge in [-0.25, -0.2) is 0 Å². The Bertz CT molecular complexity index is 825. The minimum Gasteiger partial charge on any atom is -0.399 e. The van der Waals surface area contributed by atoms with Crippen LogP contribution in [-0.4, -0.2) is 49.6 Å². The number of nitrogen functional groups attached to an aromatic ring is 1. The van der Waals surface area contributed by atoms with Crippen molar-refractivity contribution in [2.45, 2.75) is 6.92 Å². The van der Waals surface area contributed by atoms with Crippen LogP contribution in [0.25, 0.3) is 0 Å². The summed E-state index contributed by atoms with van der Waals surface area (Å²) in [6.45, 7) is 5.06. The van der Waals surface area contributed by atoms with Crippen molar-refractivity contribution in [3.63, 3.8) is 0 Å². The van der Waals surface area contributed by atoms with Gasteiger partial charge in [-0.15, -0.1) is 24.8 Å². The molecule has 0 spiro atoms. The van der Waals surface area contributed by atoms with Gasteiger partial charge in [0, 0.05) is 35.7 Å². The number of anilines is 3. The summed E-state index contributed by atoms with van der Waals surface area (Å²) in [5.74, 6) is -0.284. The summed E-state index contributed by atoms with van der Waals surface area (Å²) in [6, 6.07) is 12.3. The minimum absolute atomic E-state index is 0. The molecule has 0 saturated carbocycles. The molecule has 2 amide bonds. The number of benzene rings is 2. The molecule has 1 fully saturated rings. The van der Waals surface area contributed by atoms with Crippen molar-refractivity contribution in [3.8, 4) is 0 Å². The zero-order chi connectivity index (χ0) is 19.2. The molecule has 158 valence electrons. The minimum atomic E-state index is -0.219. The number of hydrogen-bond donors (Lipinski definition) is 3. The maximum Gasteiger partial charge on any atom is 0.256 e. The molecule has 0 unspecified atom stereocenters. The standard InChI is InChI=1S/C20H24N4O3.2ClH/c1-14-2-3-15(21)12-18(14)20(26)23-17-6-4-16(5-7-17)22-19(25)13-24-8-10-27-11-9-24;;/h2-7,12H,8-11,13,21H2,1H3,(H,22,25)(H,23,26);2*1H. The molecule has 1 aliphatic rings. The van der Waals surface area contributed by atoms with Crippen molar-refractivity contribution in [3.05, 3.63) is 53.6 Å². The molecule has 29 heavy (non-hydrogen) atoms. The van der Waals surface area contributed by atoms with E-state index in [-0.39, 0.29) is 36.6 Å². The van der Waals surface area contributed by atoms with Crippen molar-refractivity contribution >= 4 is 53.7 Å². The number of morpholine rings is 1. The predicted octanol–water partition coefficient (Wildman–Crippen LogP) is 2.94. The average Bonchev–Trinajstić information content (AvgIpc) is 2.66. The predicted molar refractivity (Wildman–Crippen MR) is 120 cm³/mol. The van der Waals surface area contributed by atoms with Crippen molar-refractivity contribution in [2.24, 2.45) is 0 Å². The highest BCUT2D eigenvalue weighted by atomic mass is 35.5. The molecular weight excluding hydrogens is 415 g/mol. The quantitative estimate of drug-likeness (QED) is 0.620. The van der Waals surface area contributed by atoms with Gasteiger partial charge in [0.2, 0.25) is 5.91 Å². The summed E-state index contributed by atoms with van der Waals surface area (Å²) < 4.78 is 5.28. The van der Waals surface area contributed by atoms with Crippen LogP contribution in [0.1, 0.15) is 15.9 Å². The number of aryl methyl sites for hydroxylation is 1. The van der Waals surface area contributed by atoms with E-state index in [1.165, 1.54) is 0 Å². The summed E-state index contributed by atoms with van der Waals surface area (Å²) in [6.07, 6.45) is 0. The molecule has 0 aromatic heterocycles. The third-order valence-corrected chi connectivity index (χ3v) is 4.40. The van der Waals surface area contributed by atoms with Crippen LogP contribution >= 0.6 is 24.8 Å². The Morgan fingerprint density at radius 2 is 1.59 bits per heavy atom. The lowest BCUT2D eigenvalue weighted by Crippen LogP contribution is -2.41. The summed E-state index contributed by atoms with van der Waals surface area (Å²) in [4.78, 5) is 26.6. The molecular formula is C20H26Cl2N4O3. The largest absolute Gasteiger partial charge is 0.399 e. The van der Waals surface area contributed by atoms with E-state index in [1.54, 1.807) is 36.4 Å². The molecule has 0 atom stereocenters. The van der Waals surface area contributed by atoms with Crippen LogP contribution in [0.2, 0.25) is 0 Å². The van der Waals surface area contributed by atoms with Gasteiger partial charge in [0.25, 0.3) is 5.91 Å². The lowest BCUT2D eigenvalue weighted by Gasteiger charge is -2.25. The first-order valence-electron chi connectivity index (χ1n) is 8.89. The Kier molecular flexibility index (Phi) is 9.91. The van der Waals surface area contributed by atoms with Crippen molar-refractivity contribution in [1.82, 2.24) is 4.90 Å². The zero-order valence-corrected chi connectivity index (χ0v) is 17.8. The van der Waals surface area contributed by atoms with Crippen molar-refractivity contribution in [1.29, 1.82) is 0 Å². The highest BCUT2D eigenvalue weighted by Crippen LogP contribution is 2.17. The number of amides is 2. The molecule has 0 aliphatic carbocycles. The number of carbonyl (C=O) groups is 2. The van der Waals surface area contributed by atoms with Gasteiger partial charge in [-0.3, -0.25) is 14.5 Å². The first-order chi connectivity index (χ1) is 13.0. The summed E-state index contributed by atoms with van der Waals surface area (Å²) >= 11 is 0. The lowest BCUT2D eigenvalue weighted by atomic mass is 10.1. The SMILES string of the molecule is Cc1ccc(N)cc1C(=O)Nc1ccc(NC(=O)CN2CCOCC2)cc1.Cl.Cl. The molecule has 1 aliphatic heterocycles. The van der Waals surface area contributed by atoms with Crippen LogP contribution in [0.4, 0.5) is 17.1 Å². The number of nitrogens with zero attached hydrogens (tertiary/aromatic N) is 1. The molecule has 2 aromatic rings. The number of halogens is 2. The topological polar surface area (TPSA) is 96.7 Å². The van der Waals surface area contributed by atoms with E-state index in [0.717, 1.165) is 18.7 Å². The first kappa shape index (κ1) is 24.7. The van der Waals surface area contributed by atoms with Crippen molar-refractivity contribution < 1.29 is 14.3 Å². The molecule has 1 heterocycles. The van der Waals surface area contributed by atoms with E-state index in [9.17, 15) is 9.59 Å². The molecule has 7 nitrogen and oxygen atoms in total. The van der Waals surface area contributed by atoms with Gasteiger partial charge in [0.1, 0.15) is 0 Å². The van der Waals surface area contributed by atoms with E-state index in [2.05, 4.69) is 15.5 Å². The summed E-state index contributed by atoms with van der Waals surface area (Å²) in [7, 11) is 0. The van der Waals surface area contributed by atoms with Gasteiger partial charge in [0.15, 0.2) is 0 Å². The fraction of sp³-hybridized carbons (Fsp3) is 0.300. The maximum atomic E-state index is 12.4. The second-order valence-corrected chi connectivity index (χ2v) is 6.54. The number of rotatable bonds is 5. The molecule has 2 aromatic carbocycles. The van der Waals surface area contributed by atoms with Crippen LogP contribution in [0.5, 0.6) is 0 Å². The number of carbonyl (C=O) groups excluding carboxylic acids is 2. The Morgan fingerprint density at radius 1 is 1.00 bits per heavy atom. The Hall–Kier alpha value is -2.32. The Morgan fingerprint density at radius 3 is 2.21 bits per heavy atom. The molecule has 4 N–H and O–H groups in total. The molecule has 1 saturated heterocycles. The number of nitrogens with two attached hydrogens (primary N) is 1. The normalized spacial score (nSPS) is 13.6. The molecule has 9 heteroatoms. The van der Waals surface area contributed by atoms with Crippen LogP contribution < -0.4 is 16.4 Å². The van der Waals surface area contributed by atoms with Gasteiger partial charge in [0.05, 0.1) is 19.8 Å². The average molecular weight is 441 g/mol. The van der Waals surface area contributed by atoms with Gasteiger partial charge in [-0.2, -0.15) is 0 Å². The Labute approximate surface area is 182 Å². The number of ether oxygens (including phenoxy) is 1. The third-order valence-electron chi connectivity index (χ3n) is 4.40. The number of hydrogen-bond acceptors (Lipinski definition) is 5. The van der Waals surface area contributed by atoms with Gasteiger partial charge >= 0.3 is 0 Å². The highest BCUT2D eigenvalue weighted by molar-refractivity contribution is 6.06. The smallest absolute Gasteiger partial charge is 0.256 e. The van der Waals surface area contributed by atoms with Gasteiger partial charge < -0.3 is 21.1 Å². The van der Waals surface area contributed by atoms with E-state index < -0.39 is 0 Å². The van der Waals surface area contributed by atoms with Gasteiger partial charge in [-0.1, -0.05) is 6.07 Å².